The molecule has 0 aliphatic carbocycles. The molecule has 7 nitrogen and oxygen atoms in total. The summed E-state index contributed by atoms with van der Waals surface area (Å²) in [6.07, 6.45) is 4.18. The van der Waals surface area contributed by atoms with Gasteiger partial charge in [-0.2, -0.15) is 5.10 Å². The Labute approximate surface area is 134 Å². The molecule has 1 aromatic carbocycles. The van der Waals surface area contributed by atoms with Gasteiger partial charge in [0.05, 0.1) is 12.8 Å². The van der Waals surface area contributed by atoms with E-state index in [2.05, 4.69) is 10.6 Å². The summed E-state index contributed by atoms with van der Waals surface area (Å²) in [5.41, 5.74) is 3.50. The van der Waals surface area contributed by atoms with Crippen LogP contribution in [0.25, 0.3) is 5.69 Å². The van der Waals surface area contributed by atoms with E-state index in [4.69, 9.17) is 14.3 Å². The molecule has 0 radical (unpaired) electrons. The van der Waals surface area contributed by atoms with E-state index in [0.717, 1.165) is 30.7 Å². The molecule has 1 atom stereocenters. The summed E-state index contributed by atoms with van der Waals surface area (Å²) in [6.45, 7) is 0.659. The lowest BCUT2D eigenvalue weighted by atomic mass is 10.2. The number of methoxy groups -OCH3 is 1. The predicted molar refractivity (Wildman–Crippen MR) is 82.3 cm³/mol. The number of benzene rings is 1. The zero-order chi connectivity index (χ0) is 16.1. The number of rotatable bonds is 5. The van der Waals surface area contributed by atoms with E-state index in [9.17, 15) is 4.79 Å². The summed E-state index contributed by atoms with van der Waals surface area (Å²) in [5.74, 6) is 0.367. The van der Waals surface area contributed by atoms with Crippen molar-refractivity contribution >= 4 is 5.91 Å². The van der Waals surface area contributed by atoms with Crippen LogP contribution in [0.15, 0.2) is 36.5 Å². The van der Waals surface area contributed by atoms with E-state index >= 15 is 0 Å². The van der Waals surface area contributed by atoms with Gasteiger partial charge < -0.3 is 9.47 Å². The van der Waals surface area contributed by atoms with Gasteiger partial charge in [-0.3, -0.25) is 4.79 Å². The fourth-order valence-corrected chi connectivity index (χ4v) is 2.30. The molecule has 1 fully saturated rings. The van der Waals surface area contributed by atoms with Crippen LogP contribution in [-0.2, 0) is 9.57 Å². The number of ether oxygens (including phenoxy) is 2. The molecule has 0 spiro atoms. The Morgan fingerprint density at radius 3 is 2.83 bits per heavy atom. The second kappa shape index (κ2) is 7.26. The van der Waals surface area contributed by atoms with Gasteiger partial charge in [-0.15, -0.1) is 0 Å². The molecular weight excluding hydrogens is 298 g/mol. The highest BCUT2D eigenvalue weighted by molar-refractivity contribution is 5.91. The summed E-state index contributed by atoms with van der Waals surface area (Å²) in [5, 5.41) is 4.24. The van der Waals surface area contributed by atoms with Crippen molar-refractivity contribution in [3.8, 4) is 11.4 Å². The maximum Gasteiger partial charge on any atom is 0.295 e. The van der Waals surface area contributed by atoms with Crippen molar-refractivity contribution in [2.45, 2.75) is 25.6 Å². The molecule has 2 aromatic rings. The van der Waals surface area contributed by atoms with E-state index < -0.39 is 5.91 Å². The summed E-state index contributed by atoms with van der Waals surface area (Å²) in [7, 11) is 1.61. The van der Waals surface area contributed by atoms with E-state index in [1.54, 1.807) is 24.1 Å². The van der Waals surface area contributed by atoms with Crippen LogP contribution in [0.5, 0.6) is 5.75 Å². The van der Waals surface area contributed by atoms with Crippen molar-refractivity contribution in [2.24, 2.45) is 0 Å². The number of amides is 1. The Hall–Kier alpha value is -2.38. The number of carbonyl (C=O) groups is 1. The number of aromatic nitrogens is 2. The number of hydrogen-bond acceptors (Lipinski definition) is 5. The summed E-state index contributed by atoms with van der Waals surface area (Å²) >= 11 is 0. The lowest BCUT2D eigenvalue weighted by Gasteiger charge is -2.21. The monoisotopic (exact) mass is 317 g/mol. The lowest BCUT2D eigenvalue weighted by molar-refractivity contribution is -0.186. The van der Waals surface area contributed by atoms with Gasteiger partial charge in [0.25, 0.3) is 5.91 Å². The van der Waals surface area contributed by atoms with Gasteiger partial charge in [0.15, 0.2) is 12.0 Å². The third kappa shape index (κ3) is 3.88. The van der Waals surface area contributed by atoms with Gasteiger partial charge >= 0.3 is 0 Å². The molecule has 1 aliphatic heterocycles. The van der Waals surface area contributed by atoms with Gasteiger partial charge in [-0.05, 0) is 43.2 Å². The first-order valence-electron chi connectivity index (χ1n) is 7.54. The smallest absolute Gasteiger partial charge is 0.295 e. The van der Waals surface area contributed by atoms with Crippen LogP contribution < -0.4 is 10.2 Å². The van der Waals surface area contributed by atoms with Gasteiger partial charge in [0.1, 0.15) is 5.75 Å². The highest BCUT2D eigenvalue weighted by Crippen LogP contribution is 2.15. The Bertz CT molecular complexity index is 648. The molecule has 0 saturated carbocycles. The minimum atomic E-state index is -0.397. The fourth-order valence-electron chi connectivity index (χ4n) is 2.30. The Morgan fingerprint density at radius 1 is 1.30 bits per heavy atom. The van der Waals surface area contributed by atoms with Gasteiger partial charge in [-0.25, -0.2) is 15.0 Å². The van der Waals surface area contributed by atoms with Gasteiger partial charge in [-0.1, -0.05) is 0 Å². The molecular formula is C16H19N3O4. The number of hydrogen-bond donors (Lipinski definition) is 1. The van der Waals surface area contributed by atoms with Crippen molar-refractivity contribution < 1.29 is 19.1 Å². The molecule has 1 aromatic heterocycles. The van der Waals surface area contributed by atoms with E-state index in [1.165, 1.54) is 0 Å². The largest absolute Gasteiger partial charge is 0.497 e. The fraction of sp³-hybridized carbons (Fsp3) is 0.375. The maximum absolute atomic E-state index is 12.0. The first-order valence-corrected chi connectivity index (χ1v) is 7.54. The quantitative estimate of drug-likeness (QED) is 0.855. The molecule has 1 saturated heterocycles. The zero-order valence-corrected chi connectivity index (χ0v) is 12.9. The standard InChI is InChI=1S/C16H19N3O4/c1-21-13-7-5-12(6-8-13)19-10-9-14(17-19)16(20)18-23-15-4-2-3-11-22-15/h5-10,15H,2-4,11H2,1H3,(H,18,20). The van der Waals surface area contributed by atoms with Crippen molar-refractivity contribution in [1.82, 2.24) is 15.3 Å². The number of carbonyl (C=O) groups excluding carboxylic acids is 1. The molecule has 7 heteroatoms. The highest BCUT2D eigenvalue weighted by Gasteiger charge is 2.17. The first-order chi connectivity index (χ1) is 11.3. The molecule has 2 heterocycles. The predicted octanol–water partition coefficient (Wildman–Crippen LogP) is 2.07. The average Bonchev–Trinajstić information content (AvgIpc) is 3.11. The number of nitrogens with zero attached hydrogens (tertiary/aromatic N) is 2. The number of hydroxylamine groups is 1. The SMILES string of the molecule is COc1ccc(-n2ccc(C(=O)NOC3CCCCO3)n2)cc1. The molecule has 23 heavy (non-hydrogen) atoms. The van der Waals surface area contributed by atoms with E-state index in [1.807, 2.05) is 24.3 Å². The van der Waals surface area contributed by atoms with Crippen LogP contribution in [0.1, 0.15) is 29.8 Å². The molecule has 1 unspecified atom stereocenters. The van der Waals surface area contributed by atoms with Crippen molar-refractivity contribution in [2.75, 3.05) is 13.7 Å². The van der Waals surface area contributed by atoms with Crippen LogP contribution in [0.2, 0.25) is 0 Å². The summed E-state index contributed by atoms with van der Waals surface area (Å²) in [6, 6.07) is 9.02. The van der Waals surface area contributed by atoms with Crippen LogP contribution >= 0.6 is 0 Å². The molecule has 0 bridgehead atoms. The normalized spacial score (nSPS) is 17.7. The molecule has 1 amide bonds. The van der Waals surface area contributed by atoms with Crippen LogP contribution in [0.3, 0.4) is 0 Å². The number of nitrogens with one attached hydrogen (secondary N) is 1. The van der Waals surface area contributed by atoms with Gasteiger partial charge in [0, 0.05) is 19.2 Å². The minimum Gasteiger partial charge on any atom is -0.497 e. The van der Waals surface area contributed by atoms with Crippen molar-refractivity contribution in [1.29, 1.82) is 0 Å². The second-order valence-corrected chi connectivity index (χ2v) is 5.19. The summed E-state index contributed by atoms with van der Waals surface area (Å²) < 4.78 is 12.1. The van der Waals surface area contributed by atoms with Crippen molar-refractivity contribution in [3.63, 3.8) is 0 Å². The summed E-state index contributed by atoms with van der Waals surface area (Å²) in [4.78, 5) is 17.3. The Morgan fingerprint density at radius 2 is 2.13 bits per heavy atom. The third-order valence-corrected chi connectivity index (χ3v) is 3.58. The first kappa shape index (κ1) is 15.5. The van der Waals surface area contributed by atoms with Crippen molar-refractivity contribution in [3.05, 3.63) is 42.2 Å². The van der Waals surface area contributed by atoms with E-state index in [-0.39, 0.29) is 12.0 Å². The third-order valence-electron chi connectivity index (χ3n) is 3.58. The van der Waals surface area contributed by atoms with Crippen LogP contribution in [0.4, 0.5) is 0 Å². The zero-order valence-electron chi connectivity index (χ0n) is 12.9. The highest BCUT2D eigenvalue weighted by atomic mass is 16.8. The van der Waals surface area contributed by atoms with Crippen LogP contribution in [-0.4, -0.2) is 35.7 Å². The Kier molecular flexibility index (Phi) is 4.89. The second-order valence-electron chi connectivity index (χ2n) is 5.19. The topological polar surface area (TPSA) is 74.6 Å². The molecule has 3 rings (SSSR count). The van der Waals surface area contributed by atoms with Gasteiger partial charge in [0.2, 0.25) is 0 Å². The lowest BCUT2D eigenvalue weighted by Crippen LogP contribution is -2.33. The van der Waals surface area contributed by atoms with Crippen LogP contribution in [0, 0.1) is 0 Å². The Balaban J connectivity index is 1.60. The molecule has 1 N–H and O–H groups in total. The molecule has 1 aliphatic rings. The molecule has 122 valence electrons. The van der Waals surface area contributed by atoms with E-state index in [0.29, 0.717) is 6.61 Å². The average molecular weight is 317 g/mol. The minimum absolute atomic E-state index is 0.275. The maximum atomic E-state index is 12.0.